The first-order valence-corrected chi connectivity index (χ1v) is 4.30. The van der Waals surface area contributed by atoms with Crippen molar-refractivity contribution in [1.29, 1.82) is 0 Å². The molecule has 15 heavy (non-hydrogen) atoms. The lowest BCUT2D eigenvalue weighted by atomic mass is 10.1. The highest BCUT2D eigenvalue weighted by atomic mass is 16.6. The van der Waals surface area contributed by atoms with Crippen LogP contribution < -0.4 is 0 Å². The van der Waals surface area contributed by atoms with E-state index in [0.717, 1.165) is 11.8 Å². The van der Waals surface area contributed by atoms with Gasteiger partial charge in [-0.15, -0.1) is 0 Å². The molecule has 0 spiro atoms. The van der Waals surface area contributed by atoms with Gasteiger partial charge >= 0.3 is 0 Å². The van der Waals surface area contributed by atoms with E-state index >= 15 is 0 Å². The summed E-state index contributed by atoms with van der Waals surface area (Å²) in [6.07, 6.45) is 1.13. The zero-order valence-corrected chi connectivity index (χ0v) is 7.70. The first kappa shape index (κ1) is 9.26. The maximum Gasteiger partial charge on any atom is 0.291 e. The molecule has 0 fully saturated rings. The maximum absolute atomic E-state index is 10.5. The van der Waals surface area contributed by atoms with Crippen molar-refractivity contribution in [3.8, 4) is 11.3 Å². The van der Waals surface area contributed by atoms with Crippen LogP contribution in [0.4, 0.5) is 5.69 Å². The maximum atomic E-state index is 10.5. The molecule has 5 heteroatoms. The summed E-state index contributed by atoms with van der Waals surface area (Å²) >= 11 is 0. The van der Waals surface area contributed by atoms with Gasteiger partial charge in [-0.1, -0.05) is 30.3 Å². The lowest BCUT2D eigenvalue weighted by molar-refractivity contribution is -0.385. The van der Waals surface area contributed by atoms with Gasteiger partial charge in [0.05, 0.1) is 10.6 Å². The average molecular weight is 201 g/mol. The molecule has 0 bridgehead atoms. The Morgan fingerprint density at radius 3 is 2.60 bits per heavy atom. The van der Waals surface area contributed by atoms with Gasteiger partial charge in [0.25, 0.3) is 5.69 Å². The molecule has 0 aliphatic carbocycles. The van der Waals surface area contributed by atoms with Crippen LogP contribution >= 0.6 is 0 Å². The van der Waals surface area contributed by atoms with Crippen molar-refractivity contribution in [2.75, 3.05) is 0 Å². The van der Waals surface area contributed by atoms with E-state index in [0.29, 0.717) is 5.69 Å². The van der Waals surface area contributed by atoms with Gasteiger partial charge in [-0.05, 0) is 0 Å². The number of hydrogen-bond donors (Lipinski definition) is 0. The molecule has 74 valence electrons. The number of hydrogen-bond acceptors (Lipinski definition) is 4. The van der Waals surface area contributed by atoms with Crippen molar-refractivity contribution in [2.45, 2.75) is 0 Å². The number of nitrogens with zero attached hydrogens (tertiary/aromatic N) is 3. The minimum atomic E-state index is -0.485. The van der Waals surface area contributed by atoms with Crippen molar-refractivity contribution in [3.63, 3.8) is 0 Å². The molecule has 0 amide bonds. The molecule has 0 unspecified atom stereocenters. The Morgan fingerprint density at radius 1 is 1.20 bits per heavy atom. The van der Waals surface area contributed by atoms with E-state index < -0.39 is 4.92 Å². The van der Waals surface area contributed by atoms with E-state index in [-0.39, 0.29) is 5.69 Å². The number of rotatable bonds is 2. The summed E-state index contributed by atoms with van der Waals surface area (Å²) in [7, 11) is 0. The minimum Gasteiger partial charge on any atom is -0.258 e. The van der Waals surface area contributed by atoms with Gasteiger partial charge in [0, 0.05) is 11.6 Å². The van der Waals surface area contributed by atoms with Crippen LogP contribution in [-0.2, 0) is 0 Å². The Hall–Kier alpha value is -2.30. The predicted octanol–water partition coefficient (Wildman–Crippen LogP) is 2.05. The quantitative estimate of drug-likeness (QED) is 0.550. The second kappa shape index (κ2) is 3.83. The normalized spacial score (nSPS) is 9.87. The van der Waals surface area contributed by atoms with Gasteiger partial charge in [-0.25, -0.2) is 0 Å². The van der Waals surface area contributed by atoms with Crippen LogP contribution in [0.1, 0.15) is 0 Å². The third kappa shape index (κ3) is 1.96. The lowest BCUT2D eigenvalue weighted by Gasteiger charge is -1.98. The second-order valence-corrected chi connectivity index (χ2v) is 2.92. The molecular formula is C10H7N3O2. The summed E-state index contributed by atoms with van der Waals surface area (Å²) in [6, 6.07) is 10.6. The van der Waals surface area contributed by atoms with Crippen LogP contribution in [0.5, 0.6) is 0 Å². The Morgan fingerprint density at radius 2 is 1.93 bits per heavy atom. The smallest absolute Gasteiger partial charge is 0.258 e. The van der Waals surface area contributed by atoms with E-state index in [1.165, 1.54) is 6.07 Å². The van der Waals surface area contributed by atoms with E-state index in [9.17, 15) is 10.1 Å². The topological polar surface area (TPSA) is 68.9 Å². The fraction of sp³-hybridized carbons (Fsp3) is 0. The molecule has 1 aromatic carbocycles. The molecular weight excluding hydrogens is 194 g/mol. The fourth-order valence-corrected chi connectivity index (χ4v) is 1.21. The van der Waals surface area contributed by atoms with E-state index in [2.05, 4.69) is 10.2 Å². The van der Waals surface area contributed by atoms with Gasteiger partial charge in [0.2, 0.25) is 0 Å². The summed E-state index contributed by atoms with van der Waals surface area (Å²) in [6.45, 7) is 0. The van der Waals surface area contributed by atoms with Crippen LogP contribution in [0.15, 0.2) is 42.6 Å². The van der Waals surface area contributed by atoms with Gasteiger partial charge < -0.3 is 0 Å². The van der Waals surface area contributed by atoms with Crippen molar-refractivity contribution < 1.29 is 4.92 Å². The molecule has 2 rings (SSSR count). The van der Waals surface area contributed by atoms with Crippen LogP contribution in [-0.4, -0.2) is 15.1 Å². The monoisotopic (exact) mass is 201 g/mol. The molecule has 1 aromatic heterocycles. The Balaban J connectivity index is 2.46. The van der Waals surface area contributed by atoms with Gasteiger partial charge in [-0.2, -0.15) is 10.2 Å². The molecule has 1 heterocycles. The SMILES string of the molecule is O=[N+]([O-])c1cnnc(-c2ccccc2)c1. The zero-order valence-electron chi connectivity index (χ0n) is 7.70. The van der Waals surface area contributed by atoms with Crippen LogP contribution in [0.25, 0.3) is 11.3 Å². The fourth-order valence-electron chi connectivity index (χ4n) is 1.21. The Labute approximate surface area is 85.5 Å². The molecule has 0 saturated carbocycles. The Bertz CT molecular complexity index is 485. The zero-order chi connectivity index (χ0) is 10.7. The number of nitro groups is 1. The standard InChI is InChI=1S/C10H7N3O2/c14-13(15)9-6-10(12-11-7-9)8-4-2-1-3-5-8/h1-7H. The summed E-state index contributed by atoms with van der Waals surface area (Å²) in [5.41, 5.74) is 1.27. The number of benzene rings is 1. The minimum absolute atomic E-state index is 0.0520. The van der Waals surface area contributed by atoms with E-state index in [1.807, 2.05) is 30.3 Å². The van der Waals surface area contributed by atoms with Crippen molar-refractivity contribution in [3.05, 3.63) is 52.7 Å². The lowest BCUT2D eigenvalue weighted by Crippen LogP contribution is -1.93. The van der Waals surface area contributed by atoms with E-state index in [1.54, 1.807) is 0 Å². The van der Waals surface area contributed by atoms with Crippen LogP contribution in [0, 0.1) is 10.1 Å². The third-order valence-corrected chi connectivity index (χ3v) is 1.92. The molecule has 5 nitrogen and oxygen atoms in total. The van der Waals surface area contributed by atoms with Crippen LogP contribution in [0.2, 0.25) is 0 Å². The molecule has 0 N–H and O–H groups in total. The predicted molar refractivity (Wildman–Crippen MR) is 54.1 cm³/mol. The molecule has 0 aliphatic rings. The summed E-state index contributed by atoms with van der Waals surface area (Å²) < 4.78 is 0. The highest BCUT2D eigenvalue weighted by Crippen LogP contribution is 2.19. The van der Waals surface area contributed by atoms with Crippen molar-refractivity contribution in [1.82, 2.24) is 10.2 Å². The van der Waals surface area contributed by atoms with Crippen LogP contribution in [0.3, 0.4) is 0 Å². The molecule has 0 radical (unpaired) electrons. The summed E-state index contributed by atoms with van der Waals surface area (Å²) in [5.74, 6) is 0. The highest BCUT2D eigenvalue weighted by molar-refractivity contribution is 5.60. The van der Waals surface area contributed by atoms with Crippen molar-refractivity contribution >= 4 is 5.69 Å². The number of aromatic nitrogens is 2. The average Bonchev–Trinajstić information content (AvgIpc) is 2.30. The van der Waals surface area contributed by atoms with Gasteiger partial charge in [0.1, 0.15) is 6.20 Å². The molecule has 0 aliphatic heterocycles. The third-order valence-electron chi connectivity index (χ3n) is 1.92. The Kier molecular flexibility index (Phi) is 2.37. The van der Waals surface area contributed by atoms with Crippen molar-refractivity contribution in [2.24, 2.45) is 0 Å². The summed E-state index contributed by atoms with van der Waals surface area (Å²) in [4.78, 5) is 10.0. The first-order valence-electron chi connectivity index (χ1n) is 4.30. The van der Waals surface area contributed by atoms with E-state index in [4.69, 9.17) is 0 Å². The largest absolute Gasteiger partial charge is 0.291 e. The highest BCUT2D eigenvalue weighted by Gasteiger charge is 2.08. The second-order valence-electron chi connectivity index (χ2n) is 2.92. The first-order chi connectivity index (χ1) is 7.27. The molecule has 0 saturated heterocycles. The summed E-state index contributed by atoms with van der Waals surface area (Å²) in [5, 5.41) is 18.0. The molecule has 0 atom stereocenters. The van der Waals surface area contributed by atoms with Gasteiger partial charge in [0.15, 0.2) is 0 Å². The molecule has 2 aromatic rings. The van der Waals surface area contributed by atoms with Gasteiger partial charge in [-0.3, -0.25) is 10.1 Å².